The molecule has 1 fully saturated rings. The van der Waals surface area contributed by atoms with Crippen molar-refractivity contribution >= 4 is 5.91 Å². The minimum atomic E-state index is 0.0434. The van der Waals surface area contributed by atoms with Gasteiger partial charge >= 0.3 is 0 Å². The van der Waals surface area contributed by atoms with Crippen molar-refractivity contribution < 1.29 is 4.79 Å². The molecule has 0 bridgehead atoms. The van der Waals surface area contributed by atoms with Gasteiger partial charge in [0.2, 0.25) is 0 Å². The zero-order valence-corrected chi connectivity index (χ0v) is 15.1. The molecule has 1 aliphatic heterocycles. The van der Waals surface area contributed by atoms with E-state index in [1.165, 1.54) is 37.9 Å². The van der Waals surface area contributed by atoms with Gasteiger partial charge in [0.1, 0.15) is 0 Å². The van der Waals surface area contributed by atoms with E-state index in [0.717, 1.165) is 12.1 Å². The zero-order chi connectivity index (χ0) is 16.8. The van der Waals surface area contributed by atoms with Crippen LogP contribution in [-0.4, -0.2) is 29.9 Å². The zero-order valence-electron chi connectivity index (χ0n) is 15.1. The van der Waals surface area contributed by atoms with Crippen LogP contribution < -0.4 is 5.32 Å². The number of hydrogen-bond acceptors (Lipinski definition) is 2. The summed E-state index contributed by atoms with van der Waals surface area (Å²) in [5.41, 5.74) is 2.06. The van der Waals surface area contributed by atoms with Crippen LogP contribution in [0.5, 0.6) is 0 Å². The normalized spacial score (nSPS) is 16.3. The number of piperidine rings is 1. The molecule has 2 rings (SSSR count). The fourth-order valence-corrected chi connectivity index (χ4v) is 3.48. The molecule has 0 saturated carbocycles. The molecule has 0 aliphatic carbocycles. The molecule has 0 unspecified atom stereocenters. The first-order valence-electron chi connectivity index (χ1n) is 9.09. The Kier molecular flexibility index (Phi) is 6.64. The van der Waals surface area contributed by atoms with Gasteiger partial charge < -0.3 is 5.32 Å². The summed E-state index contributed by atoms with van der Waals surface area (Å²) in [5, 5.41) is 3.18. The molecule has 23 heavy (non-hydrogen) atoms. The number of nitrogens with one attached hydrogen (secondary N) is 1. The van der Waals surface area contributed by atoms with Crippen molar-refractivity contribution in [3.05, 3.63) is 35.4 Å². The summed E-state index contributed by atoms with van der Waals surface area (Å²) in [5.74, 6) is 0.927. The molecule has 1 aliphatic rings. The first-order valence-corrected chi connectivity index (χ1v) is 9.09. The average molecular weight is 316 g/mol. The standard InChI is InChI=1S/C20H32N2O/c1-15(2)19(16(3)4)21-20(23)18-10-8-17(9-11-18)14-22-12-6-5-7-13-22/h8-11,15-16,19H,5-7,12-14H2,1-4H3,(H,21,23). The topological polar surface area (TPSA) is 32.3 Å². The summed E-state index contributed by atoms with van der Waals surface area (Å²) in [4.78, 5) is 14.9. The van der Waals surface area contributed by atoms with Crippen molar-refractivity contribution in [1.29, 1.82) is 0 Å². The Balaban J connectivity index is 1.94. The van der Waals surface area contributed by atoms with Gasteiger partial charge in [0.15, 0.2) is 0 Å². The smallest absolute Gasteiger partial charge is 0.251 e. The lowest BCUT2D eigenvalue weighted by molar-refractivity contribution is 0.0910. The molecule has 3 heteroatoms. The maximum absolute atomic E-state index is 12.4. The van der Waals surface area contributed by atoms with Crippen LogP contribution in [0.4, 0.5) is 0 Å². The molecule has 0 spiro atoms. The molecule has 0 atom stereocenters. The Hall–Kier alpha value is -1.35. The van der Waals surface area contributed by atoms with Gasteiger partial charge in [-0.3, -0.25) is 9.69 Å². The van der Waals surface area contributed by atoms with Gasteiger partial charge in [-0.1, -0.05) is 46.2 Å². The van der Waals surface area contributed by atoms with Crippen molar-refractivity contribution in [2.24, 2.45) is 11.8 Å². The third-order valence-electron chi connectivity index (χ3n) is 4.81. The van der Waals surface area contributed by atoms with Crippen molar-refractivity contribution in [2.75, 3.05) is 13.1 Å². The van der Waals surface area contributed by atoms with Crippen molar-refractivity contribution in [3.8, 4) is 0 Å². The predicted molar refractivity (Wildman–Crippen MR) is 96.5 cm³/mol. The molecule has 128 valence electrons. The van der Waals surface area contributed by atoms with Crippen LogP contribution in [0, 0.1) is 11.8 Å². The summed E-state index contributed by atoms with van der Waals surface area (Å²) in [7, 11) is 0. The molecule has 1 amide bonds. The van der Waals surface area contributed by atoms with Crippen LogP contribution in [0.1, 0.15) is 62.9 Å². The third-order valence-corrected chi connectivity index (χ3v) is 4.81. The number of benzene rings is 1. The van der Waals surface area contributed by atoms with Gasteiger partial charge in [-0.25, -0.2) is 0 Å². The van der Waals surface area contributed by atoms with E-state index in [1.54, 1.807) is 0 Å². The Bertz CT molecular complexity index is 479. The number of hydrogen-bond donors (Lipinski definition) is 1. The van der Waals surface area contributed by atoms with E-state index in [4.69, 9.17) is 0 Å². The maximum Gasteiger partial charge on any atom is 0.251 e. The molecule has 1 aromatic rings. The maximum atomic E-state index is 12.4. The van der Waals surface area contributed by atoms with Crippen LogP contribution in [-0.2, 0) is 6.54 Å². The first-order chi connectivity index (χ1) is 11.0. The predicted octanol–water partition coefficient (Wildman–Crippen LogP) is 4.08. The summed E-state index contributed by atoms with van der Waals surface area (Å²) >= 11 is 0. The Labute approximate surface area is 141 Å². The lowest BCUT2D eigenvalue weighted by Gasteiger charge is -2.27. The minimum Gasteiger partial charge on any atom is -0.349 e. The number of carbonyl (C=O) groups excluding carboxylic acids is 1. The molecule has 3 nitrogen and oxygen atoms in total. The van der Waals surface area contributed by atoms with E-state index in [-0.39, 0.29) is 11.9 Å². The SMILES string of the molecule is CC(C)C(NC(=O)c1ccc(CN2CCCCC2)cc1)C(C)C. The largest absolute Gasteiger partial charge is 0.349 e. The van der Waals surface area contributed by atoms with Crippen LogP contribution >= 0.6 is 0 Å². The molecule has 1 heterocycles. The highest BCUT2D eigenvalue weighted by Crippen LogP contribution is 2.15. The number of likely N-dealkylation sites (tertiary alicyclic amines) is 1. The van der Waals surface area contributed by atoms with E-state index >= 15 is 0 Å². The second kappa shape index (κ2) is 8.49. The van der Waals surface area contributed by atoms with Gasteiger partial charge in [-0.05, 0) is 55.5 Å². The number of nitrogens with zero attached hydrogens (tertiary/aromatic N) is 1. The van der Waals surface area contributed by atoms with Gasteiger partial charge in [0, 0.05) is 18.2 Å². The number of amides is 1. The van der Waals surface area contributed by atoms with Gasteiger partial charge in [-0.15, -0.1) is 0 Å². The number of carbonyl (C=O) groups is 1. The summed E-state index contributed by atoms with van der Waals surface area (Å²) < 4.78 is 0. The molecular formula is C20H32N2O. The second-order valence-corrected chi connectivity index (χ2v) is 7.52. The van der Waals surface area contributed by atoms with Crippen LogP contribution in [0.25, 0.3) is 0 Å². The quantitative estimate of drug-likeness (QED) is 0.857. The Morgan fingerprint density at radius 3 is 2.09 bits per heavy atom. The molecular weight excluding hydrogens is 284 g/mol. The molecule has 0 aromatic heterocycles. The molecule has 1 aromatic carbocycles. The lowest BCUT2D eigenvalue weighted by atomic mass is 9.93. The monoisotopic (exact) mass is 316 g/mol. The lowest BCUT2D eigenvalue weighted by Crippen LogP contribution is -2.42. The van der Waals surface area contributed by atoms with Gasteiger partial charge in [-0.2, -0.15) is 0 Å². The summed E-state index contributed by atoms with van der Waals surface area (Å²) in [6.45, 7) is 12.0. The fourth-order valence-electron chi connectivity index (χ4n) is 3.48. The van der Waals surface area contributed by atoms with E-state index in [2.05, 4.69) is 50.0 Å². The summed E-state index contributed by atoms with van der Waals surface area (Å²) in [6.07, 6.45) is 3.99. The minimum absolute atomic E-state index is 0.0434. The molecule has 1 N–H and O–H groups in total. The van der Waals surface area contributed by atoms with E-state index in [9.17, 15) is 4.79 Å². The van der Waals surface area contributed by atoms with Gasteiger partial charge in [0.05, 0.1) is 0 Å². The highest BCUT2D eigenvalue weighted by molar-refractivity contribution is 5.94. The average Bonchev–Trinajstić information content (AvgIpc) is 2.53. The first kappa shape index (κ1) is 18.0. The van der Waals surface area contributed by atoms with Gasteiger partial charge in [0.25, 0.3) is 5.91 Å². The fraction of sp³-hybridized carbons (Fsp3) is 0.650. The molecule has 0 radical (unpaired) electrons. The van der Waals surface area contributed by atoms with E-state index in [0.29, 0.717) is 11.8 Å². The Morgan fingerprint density at radius 1 is 1.00 bits per heavy atom. The highest BCUT2D eigenvalue weighted by Gasteiger charge is 2.20. The third kappa shape index (κ3) is 5.35. The van der Waals surface area contributed by atoms with Crippen molar-refractivity contribution in [3.63, 3.8) is 0 Å². The Morgan fingerprint density at radius 2 is 1.57 bits per heavy atom. The highest BCUT2D eigenvalue weighted by atomic mass is 16.1. The van der Waals surface area contributed by atoms with Crippen molar-refractivity contribution in [1.82, 2.24) is 10.2 Å². The van der Waals surface area contributed by atoms with Crippen molar-refractivity contribution in [2.45, 2.75) is 59.5 Å². The summed E-state index contributed by atoms with van der Waals surface area (Å²) in [6, 6.07) is 8.35. The second-order valence-electron chi connectivity index (χ2n) is 7.52. The number of rotatable bonds is 6. The van der Waals surface area contributed by atoms with E-state index < -0.39 is 0 Å². The van der Waals surface area contributed by atoms with Crippen LogP contribution in [0.2, 0.25) is 0 Å². The van der Waals surface area contributed by atoms with E-state index in [1.807, 2.05) is 12.1 Å². The molecule has 1 saturated heterocycles. The van der Waals surface area contributed by atoms with Crippen LogP contribution in [0.3, 0.4) is 0 Å². The van der Waals surface area contributed by atoms with Crippen LogP contribution in [0.15, 0.2) is 24.3 Å².